The summed E-state index contributed by atoms with van der Waals surface area (Å²) in [7, 11) is 0. The van der Waals surface area contributed by atoms with Gasteiger partial charge in [-0.2, -0.15) is 0 Å². The predicted molar refractivity (Wildman–Crippen MR) is 67.7 cm³/mol. The summed E-state index contributed by atoms with van der Waals surface area (Å²) in [4.78, 5) is 7.86. The molecule has 0 spiro atoms. The van der Waals surface area contributed by atoms with Crippen LogP contribution in [0.25, 0.3) is 22.4 Å². The summed E-state index contributed by atoms with van der Waals surface area (Å²) in [6.07, 6.45) is 0. The van der Waals surface area contributed by atoms with Gasteiger partial charge >= 0.3 is 0 Å². The topological polar surface area (TPSA) is 47.1 Å². The Hall–Kier alpha value is -2.49. The maximum absolute atomic E-state index is 5.50. The van der Waals surface area contributed by atoms with Crippen molar-refractivity contribution >= 4 is 11.0 Å². The largest absolute Gasteiger partial charge is 0.454 e. The molecule has 1 N–H and O–H groups in total. The van der Waals surface area contributed by atoms with Crippen LogP contribution >= 0.6 is 0 Å². The molecule has 4 nitrogen and oxygen atoms in total. The number of nitrogens with zero attached hydrogens (tertiary/aromatic N) is 1. The molecule has 3 aromatic rings. The number of nitrogens with one attached hydrogen (secondary N) is 1. The van der Waals surface area contributed by atoms with E-state index in [0.29, 0.717) is 0 Å². The van der Waals surface area contributed by atoms with Crippen molar-refractivity contribution in [2.75, 3.05) is 6.79 Å². The molecule has 4 rings (SSSR count). The zero-order chi connectivity index (χ0) is 11.9. The number of hydrogen-bond acceptors (Lipinski definition) is 3. The van der Waals surface area contributed by atoms with Crippen molar-refractivity contribution in [3.63, 3.8) is 0 Å². The van der Waals surface area contributed by atoms with Crippen LogP contribution in [0.3, 0.4) is 0 Å². The third kappa shape index (κ3) is 1.29. The Morgan fingerprint density at radius 3 is 2.89 bits per heavy atom. The van der Waals surface area contributed by atoms with Crippen LogP contribution in [0.2, 0.25) is 0 Å². The first-order valence-electron chi connectivity index (χ1n) is 5.75. The van der Waals surface area contributed by atoms with Crippen molar-refractivity contribution < 1.29 is 9.47 Å². The van der Waals surface area contributed by atoms with Gasteiger partial charge in [-0.15, -0.1) is 0 Å². The van der Waals surface area contributed by atoms with Gasteiger partial charge in [0.05, 0.1) is 16.6 Å². The monoisotopic (exact) mass is 238 g/mol. The first-order chi connectivity index (χ1) is 8.92. The van der Waals surface area contributed by atoms with Gasteiger partial charge in [-0.05, 0) is 24.3 Å². The van der Waals surface area contributed by atoms with Gasteiger partial charge in [0.15, 0.2) is 11.5 Å². The minimum Gasteiger partial charge on any atom is -0.454 e. The average molecular weight is 238 g/mol. The summed E-state index contributed by atoms with van der Waals surface area (Å²) < 4.78 is 10.9. The number of benzene rings is 2. The van der Waals surface area contributed by atoms with Gasteiger partial charge in [-0.1, -0.05) is 18.2 Å². The van der Waals surface area contributed by atoms with Crippen LogP contribution in [0, 0.1) is 0 Å². The highest BCUT2D eigenvalue weighted by atomic mass is 16.7. The number of para-hydroxylation sites is 3. The fraction of sp³-hybridized carbons (Fsp3) is 0.0714. The molecule has 1 aliphatic heterocycles. The van der Waals surface area contributed by atoms with Crippen molar-refractivity contribution in [1.29, 1.82) is 0 Å². The lowest BCUT2D eigenvalue weighted by atomic mass is 10.2. The first kappa shape index (κ1) is 9.53. The minimum absolute atomic E-state index is 0.270. The quantitative estimate of drug-likeness (QED) is 0.709. The molecule has 4 heteroatoms. The van der Waals surface area contributed by atoms with Crippen LogP contribution in [0.5, 0.6) is 11.5 Å². The Kier molecular flexibility index (Phi) is 1.85. The molecular weight excluding hydrogens is 228 g/mol. The maximum Gasteiger partial charge on any atom is 0.231 e. The standard InChI is InChI=1S/C14H10N2O2/c1-2-6-11-10(5-1)15-14(16-11)9-4-3-7-12-13(9)18-8-17-12/h1-7H,8H2,(H,15,16). The summed E-state index contributed by atoms with van der Waals surface area (Å²) in [6.45, 7) is 0.270. The highest BCUT2D eigenvalue weighted by Crippen LogP contribution is 2.40. The van der Waals surface area contributed by atoms with Crippen LogP contribution in [-0.2, 0) is 0 Å². The van der Waals surface area contributed by atoms with Crippen LogP contribution in [0.4, 0.5) is 0 Å². The molecular formula is C14H10N2O2. The molecule has 88 valence electrons. The molecule has 0 saturated heterocycles. The van der Waals surface area contributed by atoms with Crippen molar-refractivity contribution in [3.8, 4) is 22.9 Å². The molecule has 18 heavy (non-hydrogen) atoms. The fourth-order valence-electron chi connectivity index (χ4n) is 2.20. The zero-order valence-electron chi connectivity index (χ0n) is 9.51. The second-order valence-electron chi connectivity index (χ2n) is 4.14. The van der Waals surface area contributed by atoms with Crippen molar-refractivity contribution in [2.45, 2.75) is 0 Å². The van der Waals surface area contributed by atoms with Crippen molar-refractivity contribution in [1.82, 2.24) is 9.97 Å². The fourth-order valence-corrected chi connectivity index (χ4v) is 2.20. The van der Waals surface area contributed by atoms with E-state index in [4.69, 9.17) is 9.47 Å². The van der Waals surface area contributed by atoms with E-state index in [1.54, 1.807) is 0 Å². The Balaban J connectivity index is 1.95. The summed E-state index contributed by atoms with van der Waals surface area (Å²) in [6, 6.07) is 13.8. The van der Waals surface area contributed by atoms with E-state index in [0.717, 1.165) is 33.9 Å². The predicted octanol–water partition coefficient (Wildman–Crippen LogP) is 2.96. The number of aromatic amines is 1. The molecule has 0 bridgehead atoms. The maximum atomic E-state index is 5.50. The third-order valence-electron chi connectivity index (χ3n) is 3.04. The Morgan fingerprint density at radius 2 is 1.94 bits per heavy atom. The molecule has 0 aliphatic carbocycles. The van der Waals surface area contributed by atoms with Crippen LogP contribution in [0.15, 0.2) is 42.5 Å². The highest BCUT2D eigenvalue weighted by molar-refractivity contribution is 5.81. The van der Waals surface area contributed by atoms with Gasteiger partial charge in [-0.25, -0.2) is 4.98 Å². The normalized spacial score (nSPS) is 13.1. The zero-order valence-corrected chi connectivity index (χ0v) is 9.51. The van der Waals surface area contributed by atoms with Crippen molar-refractivity contribution in [3.05, 3.63) is 42.5 Å². The van der Waals surface area contributed by atoms with Gasteiger partial charge in [0.2, 0.25) is 6.79 Å². The van der Waals surface area contributed by atoms with Gasteiger partial charge in [0.1, 0.15) is 5.82 Å². The molecule has 1 aliphatic rings. The molecule has 0 atom stereocenters. The molecule has 0 unspecified atom stereocenters. The lowest BCUT2D eigenvalue weighted by Crippen LogP contribution is -1.93. The average Bonchev–Trinajstić information content (AvgIpc) is 3.04. The molecule has 2 aromatic carbocycles. The number of ether oxygens (including phenoxy) is 2. The van der Waals surface area contributed by atoms with Crippen LogP contribution < -0.4 is 9.47 Å². The number of rotatable bonds is 1. The van der Waals surface area contributed by atoms with E-state index in [1.807, 2.05) is 42.5 Å². The van der Waals surface area contributed by atoms with Crippen LogP contribution in [-0.4, -0.2) is 16.8 Å². The van der Waals surface area contributed by atoms with E-state index in [2.05, 4.69) is 9.97 Å². The SMILES string of the molecule is c1cc2c(c(-c3nc4ccccc4[nH]3)c1)OCO2. The van der Waals surface area contributed by atoms with Gasteiger partial charge in [0.25, 0.3) is 0 Å². The first-order valence-corrected chi connectivity index (χ1v) is 5.75. The van der Waals surface area contributed by atoms with E-state index < -0.39 is 0 Å². The summed E-state index contributed by atoms with van der Waals surface area (Å²) >= 11 is 0. The van der Waals surface area contributed by atoms with E-state index in [1.165, 1.54) is 0 Å². The third-order valence-corrected chi connectivity index (χ3v) is 3.04. The second kappa shape index (κ2) is 3.50. The smallest absolute Gasteiger partial charge is 0.231 e. The molecule has 0 amide bonds. The summed E-state index contributed by atoms with van der Waals surface area (Å²) in [5, 5.41) is 0. The highest BCUT2D eigenvalue weighted by Gasteiger charge is 2.20. The number of hydrogen-bond donors (Lipinski definition) is 1. The Labute approximate surface area is 103 Å². The molecule has 2 heterocycles. The van der Waals surface area contributed by atoms with Gasteiger partial charge < -0.3 is 14.5 Å². The minimum atomic E-state index is 0.270. The molecule has 1 aromatic heterocycles. The Morgan fingerprint density at radius 1 is 1.00 bits per heavy atom. The lowest BCUT2D eigenvalue weighted by Gasteiger charge is -2.01. The molecule has 0 saturated carbocycles. The van der Waals surface area contributed by atoms with Crippen molar-refractivity contribution in [2.24, 2.45) is 0 Å². The Bertz CT molecular complexity index is 700. The summed E-state index contributed by atoms with van der Waals surface area (Å²) in [5.74, 6) is 2.34. The lowest BCUT2D eigenvalue weighted by molar-refractivity contribution is 0.174. The van der Waals surface area contributed by atoms with Gasteiger partial charge in [0, 0.05) is 0 Å². The van der Waals surface area contributed by atoms with E-state index in [9.17, 15) is 0 Å². The number of H-pyrrole nitrogens is 1. The van der Waals surface area contributed by atoms with Gasteiger partial charge in [-0.3, -0.25) is 0 Å². The second-order valence-corrected chi connectivity index (χ2v) is 4.14. The number of aromatic nitrogens is 2. The number of imidazole rings is 1. The van der Waals surface area contributed by atoms with E-state index >= 15 is 0 Å². The van der Waals surface area contributed by atoms with E-state index in [-0.39, 0.29) is 6.79 Å². The molecule has 0 fully saturated rings. The van der Waals surface area contributed by atoms with Crippen LogP contribution in [0.1, 0.15) is 0 Å². The number of fused-ring (bicyclic) bond motifs is 2. The summed E-state index contributed by atoms with van der Waals surface area (Å²) in [5.41, 5.74) is 2.90. The molecule has 0 radical (unpaired) electrons.